The van der Waals surface area contributed by atoms with Gasteiger partial charge in [-0.25, -0.2) is 0 Å². The SMILES string of the molecule is CCC[C@]1(C(=O)OC)CCN(C(O)OC(C)(C)C)C1. The highest BCUT2D eigenvalue weighted by Gasteiger charge is 2.46. The molecule has 2 atom stereocenters. The molecule has 19 heavy (non-hydrogen) atoms. The third-order valence-electron chi connectivity index (χ3n) is 3.50. The molecule has 0 aliphatic carbocycles. The molecule has 1 N–H and O–H groups in total. The first-order valence-electron chi connectivity index (χ1n) is 6.92. The molecule has 0 amide bonds. The molecule has 1 unspecified atom stereocenters. The molecule has 1 rings (SSSR count). The number of carbonyl (C=O) groups excluding carboxylic acids is 1. The van der Waals surface area contributed by atoms with Gasteiger partial charge in [0.25, 0.3) is 0 Å². The molecule has 1 aliphatic rings. The van der Waals surface area contributed by atoms with Crippen LogP contribution < -0.4 is 0 Å². The van der Waals surface area contributed by atoms with Crippen LogP contribution in [0.15, 0.2) is 0 Å². The van der Waals surface area contributed by atoms with Gasteiger partial charge in [-0.15, -0.1) is 0 Å². The molecular weight excluding hydrogens is 246 g/mol. The fraction of sp³-hybridized carbons (Fsp3) is 0.929. The number of nitrogens with zero attached hydrogens (tertiary/aromatic N) is 1. The maximum absolute atomic E-state index is 12.0. The minimum absolute atomic E-state index is 0.181. The lowest BCUT2D eigenvalue weighted by atomic mass is 9.82. The maximum atomic E-state index is 12.0. The molecule has 112 valence electrons. The van der Waals surface area contributed by atoms with E-state index in [-0.39, 0.29) is 5.97 Å². The third-order valence-corrected chi connectivity index (χ3v) is 3.50. The summed E-state index contributed by atoms with van der Waals surface area (Å²) < 4.78 is 10.5. The monoisotopic (exact) mass is 273 g/mol. The first-order chi connectivity index (χ1) is 8.74. The number of hydrogen-bond donors (Lipinski definition) is 1. The maximum Gasteiger partial charge on any atom is 0.313 e. The van der Waals surface area contributed by atoms with Crippen LogP contribution in [0.3, 0.4) is 0 Å². The number of methoxy groups -OCH3 is 1. The van der Waals surface area contributed by atoms with Gasteiger partial charge in [0.1, 0.15) is 0 Å². The van der Waals surface area contributed by atoms with Gasteiger partial charge in [0.2, 0.25) is 6.41 Å². The summed E-state index contributed by atoms with van der Waals surface area (Å²) >= 11 is 0. The van der Waals surface area contributed by atoms with E-state index in [1.54, 1.807) is 4.90 Å². The summed E-state index contributed by atoms with van der Waals surface area (Å²) in [6, 6.07) is 0. The normalized spacial score (nSPS) is 26.4. The van der Waals surface area contributed by atoms with Gasteiger partial charge in [-0.2, -0.15) is 0 Å². The van der Waals surface area contributed by atoms with E-state index in [1.165, 1.54) is 7.11 Å². The predicted octanol–water partition coefficient (Wildman–Crippen LogP) is 1.74. The van der Waals surface area contributed by atoms with Gasteiger partial charge in [-0.3, -0.25) is 9.69 Å². The quantitative estimate of drug-likeness (QED) is 0.611. The molecule has 0 aromatic heterocycles. The third kappa shape index (κ3) is 4.16. The van der Waals surface area contributed by atoms with Crippen molar-refractivity contribution in [3.05, 3.63) is 0 Å². The van der Waals surface area contributed by atoms with Crippen molar-refractivity contribution in [2.45, 2.75) is 59.0 Å². The van der Waals surface area contributed by atoms with E-state index in [9.17, 15) is 9.90 Å². The van der Waals surface area contributed by atoms with E-state index in [4.69, 9.17) is 9.47 Å². The van der Waals surface area contributed by atoms with Gasteiger partial charge in [-0.1, -0.05) is 13.3 Å². The molecule has 0 radical (unpaired) electrons. The number of hydrogen-bond acceptors (Lipinski definition) is 5. The van der Waals surface area contributed by atoms with Crippen molar-refractivity contribution in [3.63, 3.8) is 0 Å². The number of carbonyl (C=O) groups is 1. The molecule has 0 aromatic carbocycles. The highest BCUT2D eigenvalue weighted by molar-refractivity contribution is 5.77. The average molecular weight is 273 g/mol. The minimum Gasteiger partial charge on any atom is -0.469 e. The second kappa shape index (κ2) is 6.20. The summed E-state index contributed by atoms with van der Waals surface area (Å²) in [6.45, 7) is 8.87. The van der Waals surface area contributed by atoms with E-state index >= 15 is 0 Å². The van der Waals surface area contributed by atoms with Crippen LogP contribution in [0.2, 0.25) is 0 Å². The number of rotatable bonds is 5. The molecule has 0 spiro atoms. The zero-order valence-electron chi connectivity index (χ0n) is 12.7. The summed E-state index contributed by atoms with van der Waals surface area (Å²) in [4.78, 5) is 13.8. The molecule has 1 aliphatic heterocycles. The fourth-order valence-corrected chi connectivity index (χ4v) is 2.65. The lowest BCUT2D eigenvalue weighted by Crippen LogP contribution is -2.43. The van der Waals surface area contributed by atoms with Crippen molar-refractivity contribution in [3.8, 4) is 0 Å². The van der Waals surface area contributed by atoms with E-state index in [0.29, 0.717) is 19.5 Å². The van der Waals surface area contributed by atoms with Crippen LogP contribution in [0.1, 0.15) is 47.0 Å². The van der Waals surface area contributed by atoms with Gasteiger partial charge in [0, 0.05) is 13.1 Å². The highest BCUT2D eigenvalue weighted by Crippen LogP contribution is 2.37. The van der Waals surface area contributed by atoms with Crippen LogP contribution in [-0.2, 0) is 14.3 Å². The van der Waals surface area contributed by atoms with Crippen molar-refractivity contribution < 1.29 is 19.4 Å². The van der Waals surface area contributed by atoms with Crippen molar-refractivity contribution in [2.24, 2.45) is 5.41 Å². The molecule has 1 saturated heterocycles. The van der Waals surface area contributed by atoms with Crippen LogP contribution in [0.4, 0.5) is 0 Å². The van der Waals surface area contributed by atoms with Crippen LogP contribution in [-0.4, -0.2) is 48.2 Å². The molecule has 1 fully saturated rings. The second-order valence-corrected chi connectivity index (χ2v) is 6.30. The smallest absolute Gasteiger partial charge is 0.313 e. The van der Waals surface area contributed by atoms with E-state index in [1.807, 2.05) is 20.8 Å². The lowest BCUT2D eigenvalue weighted by molar-refractivity contribution is -0.235. The Kier molecular flexibility index (Phi) is 5.35. The van der Waals surface area contributed by atoms with Crippen LogP contribution in [0.5, 0.6) is 0 Å². The lowest BCUT2D eigenvalue weighted by Gasteiger charge is -2.31. The van der Waals surface area contributed by atoms with Crippen molar-refractivity contribution in [1.29, 1.82) is 0 Å². The fourth-order valence-electron chi connectivity index (χ4n) is 2.65. The van der Waals surface area contributed by atoms with Crippen LogP contribution >= 0.6 is 0 Å². The van der Waals surface area contributed by atoms with Crippen molar-refractivity contribution in [2.75, 3.05) is 20.2 Å². The number of aliphatic hydroxyl groups excluding tert-OH is 1. The minimum atomic E-state index is -0.969. The topological polar surface area (TPSA) is 59.0 Å². The second-order valence-electron chi connectivity index (χ2n) is 6.30. The van der Waals surface area contributed by atoms with E-state index in [0.717, 1.165) is 12.8 Å². The first kappa shape index (κ1) is 16.4. The number of ether oxygens (including phenoxy) is 2. The first-order valence-corrected chi connectivity index (χ1v) is 6.92. The number of esters is 1. The molecule has 0 saturated carbocycles. The summed E-state index contributed by atoms with van der Waals surface area (Å²) in [5.74, 6) is -0.181. The Morgan fingerprint density at radius 3 is 2.58 bits per heavy atom. The Hall–Kier alpha value is -0.650. The van der Waals surface area contributed by atoms with Crippen LogP contribution in [0.25, 0.3) is 0 Å². The van der Waals surface area contributed by atoms with Gasteiger partial charge in [-0.05, 0) is 33.6 Å². The Morgan fingerprint density at radius 1 is 1.47 bits per heavy atom. The zero-order chi connectivity index (χ0) is 14.7. The number of aliphatic hydroxyl groups is 1. The van der Waals surface area contributed by atoms with Gasteiger partial charge >= 0.3 is 5.97 Å². The zero-order valence-corrected chi connectivity index (χ0v) is 12.7. The van der Waals surface area contributed by atoms with Gasteiger partial charge in [0.05, 0.1) is 18.1 Å². The summed E-state index contributed by atoms with van der Waals surface area (Å²) in [5.41, 5.74) is -0.910. The summed E-state index contributed by atoms with van der Waals surface area (Å²) in [7, 11) is 1.42. The Labute approximate surface area is 115 Å². The molecule has 0 aromatic rings. The molecule has 1 heterocycles. The van der Waals surface area contributed by atoms with Crippen molar-refractivity contribution in [1.82, 2.24) is 4.90 Å². The number of likely N-dealkylation sites (tertiary alicyclic amines) is 1. The highest BCUT2D eigenvalue weighted by atomic mass is 16.6. The average Bonchev–Trinajstić information content (AvgIpc) is 2.72. The molecule has 5 nitrogen and oxygen atoms in total. The van der Waals surface area contributed by atoms with E-state index < -0.39 is 17.4 Å². The molecule has 5 heteroatoms. The Balaban J connectivity index is 2.71. The largest absolute Gasteiger partial charge is 0.469 e. The molecule has 0 bridgehead atoms. The predicted molar refractivity (Wildman–Crippen MR) is 72.4 cm³/mol. The van der Waals surface area contributed by atoms with Gasteiger partial charge in [0.15, 0.2) is 0 Å². The Morgan fingerprint density at radius 2 is 2.11 bits per heavy atom. The Bertz CT molecular complexity index is 313. The summed E-state index contributed by atoms with van der Waals surface area (Å²) in [5, 5.41) is 10.1. The summed E-state index contributed by atoms with van der Waals surface area (Å²) in [6.07, 6.45) is 1.43. The van der Waals surface area contributed by atoms with Gasteiger partial charge < -0.3 is 14.6 Å². The van der Waals surface area contributed by atoms with Crippen LogP contribution in [0, 0.1) is 5.41 Å². The molecular formula is C14H27NO4. The standard InChI is InChI=1S/C14H27NO4/c1-6-7-14(11(16)18-5)8-9-15(10-14)12(17)19-13(2,3)4/h12,17H,6-10H2,1-5H3/t12?,14-/m0/s1. The van der Waals surface area contributed by atoms with Crippen molar-refractivity contribution >= 4 is 5.97 Å². The van der Waals surface area contributed by atoms with E-state index in [2.05, 4.69) is 6.92 Å².